The minimum Gasteiger partial charge on any atom is -0.497 e. The van der Waals surface area contributed by atoms with Gasteiger partial charge in [0.05, 0.1) is 18.2 Å². The van der Waals surface area contributed by atoms with Gasteiger partial charge in [0, 0.05) is 35.5 Å². The minimum atomic E-state index is -1.11. The molecular formula is C21H19N3O2S. The predicted molar refractivity (Wildman–Crippen MR) is 109 cm³/mol. The number of hydrogen-bond acceptors (Lipinski definition) is 3. The molecule has 3 rings (SSSR count). The Morgan fingerprint density at radius 3 is 2.52 bits per heavy atom. The Hall–Kier alpha value is -3.22. The molecule has 1 unspecified atom stereocenters. The molecule has 0 saturated heterocycles. The Bertz CT molecular complexity index is 1110. The molecule has 1 aromatic heterocycles. The van der Waals surface area contributed by atoms with Gasteiger partial charge in [0.25, 0.3) is 0 Å². The van der Waals surface area contributed by atoms with Crippen molar-refractivity contribution >= 4 is 27.6 Å². The van der Waals surface area contributed by atoms with Crippen LogP contribution in [-0.4, -0.2) is 22.1 Å². The highest BCUT2D eigenvalue weighted by Gasteiger charge is 2.15. The van der Waals surface area contributed by atoms with E-state index in [9.17, 15) is 9.47 Å². The monoisotopic (exact) mass is 377 g/mol. The van der Waals surface area contributed by atoms with Crippen LogP contribution in [0, 0.1) is 23.2 Å². The maximum Gasteiger partial charge on any atom is 0.120 e. The molecule has 136 valence electrons. The highest BCUT2D eigenvalue weighted by Crippen LogP contribution is 2.28. The van der Waals surface area contributed by atoms with E-state index in [-0.39, 0.29) is 0 Å². The fraction of sp³-hybridized carbons (Fsp3) is 0.190. The lowest BCUT2D eigenvalue weighted by Gasteiger charge is -2.04. The van der Waals surface area contributed by atoms with E-state index in [1.54, 1.807) is 13.4 Å². The van der Waals surface area contributed by atoms with E-state index in [0.29, 0.717) is 17.8 Å². The summed E-state index contributed by atoms with van der Waals surface area (Å²) in [6.45, 7) is 2.72. The van der Waals surface area contributed by atoms with Crippen molar-refractivity contribution < 1.29 is 8.95 Å². The van der Waals surface area contributed by atoms with Gasteiger partial charge < -0.3 is 14.0 Å². The zero-order valence-electron chi connectivity index (χ0n) is 15.4. The Morgan fingerprint density at radius 1 is 1.19 bits per heavy atom. The van der Waals surface area contributed by atoms with Crippen LogP contribution in [0.15, 0.2) is 42.5 Å². The number of hydrogen-bond donors (Lipinski definition) is 1. The van der Waals surface area contributed by atoms with Gasteiger partial charge in [0.1, 0.15) is 28.5 Å². The number of ether oxygens (including phenoxy) is 1. The number of methoxy groups -OCH3 is 1. The standard InChI is InChI=1S/C21H19N3O2S/c1-4-24-20(12-7-15-5-8-16(9-6-15)23-27(3)25)19(14-22)18-11-10-17(26-2)13-21(18)24/h5-6,8-11,13,23H,4H2,1-3H3. The molecule has 0 spiro atoms. The van der Waals surface area contributed by atoms with Crippen molar-refractivity contribution in [3.63, 3.8) is 0 Å². The van der Waals surface area contributed by atoms with E-state index in [2.05, 4.69) is 22.6 Å². The number of nitriles is 1. The number of rotatable bonds is 4. The van der Waals surface area contributed by atoms with Gasteiger partial charge in [-0.2, -0.15) is 5.26 Å². The summed E-state index contributed by atoms with van der Waals surface area (Å²) >= 11 is 0. The molecular weight excluding hydrogens is 358 g/mol. The van der Waals surface area contributed by atoms with Crippen LogP contribution in [-0.2, 0) is 17.5 Å². The highest BCUT2D eigenvalue weighted by molar-refractivity contribution is 7.85. The largest absolute Gasteiger partial charge is 0.497 e. The molecule has 6 heteroatoms. The van der Waals surface area contributed by atoms with Gasteiger partial charge in [-0.1, -0.05) is 5.92 Å². The molecule has 1 N–H and O–H groups in total. The summed E-state index contributed by atoms with van der Waals surface area (Å²) in [5.74, 6) is 7.03. The fourth-order valence-corrected chi connectivity index (χ4v) is 3.41. The van der Waals surface area contributed by atoms with Crippen molar-refractivity contribution in [1.29, 1.82) is 5.26 Å². The first-order valence-electron chi connectivity index (χ1n) is 8.39. The van der Waals surface area contributed by atoms with E-state index >= 15 is 0 Å². The molecule has 5 nitrogen and oxygen atoms in total. The Morgan fingerprint density at radius 2 is 1.93 bits per heavy atom. The number of aryl methyl sites for hydroxylation is 1. The Kier molecular flexibility index (Phi) is 5.49. The molecule has 1 heterocycles. The van der Waals surface area contributed by atoms with Gasteiger partial charge in [0.15, 0.2) is 0 Å². The van der Waals surface area contributed by atoms with Crippen LogP contribution >= 0.6 is 0 Å². The van der Waals surface area contributed by atoms with Crippen molar-refractivity contribution in [2.75, 3.05) is 18.1 Å². The van der Waals surface area contributed by atoms with E-state index in [1.807, 2.05) is 54.0 Å². The number of anilines is 1. The fourth-order valence-electron chi connectivity index (χ4n) is 2.95. The molecule has 2 aromatic carbocycles. The van der Waals surface area contributed by atoms with E-state index in [0.717, 1.165) is 27.9 Å². The summed E-state index contributed by atoms with van der Waals surface area (Å²) in [7, 11) is 0.511. The quantitative estimate of drug-likeness (QED) is 0.706. The molecule has 3 aromatic rings. The molecule has 1 atom stereocenters. The lowest BCUT2D eigenvalue weighted by atomic mass is 10.1. The maximum absolute atomic E-state index is 11.2. The summed E-state index contributed by atoms with van der Waals surface area (Å²) in [5, 5.41) is 10.5. The Balaban J connectivity index is 2.06. The van der Waals surface area contributed by atoms with Crippen molar-refractivity contribution in [3.05, 3.63) is 59.3 Å². The van der Waals surface area contributed by atoms with Crippen LogP contribution in [0.25, 0.3) is 10.9 Å². The number of nitrogens with zero attached hydrogens (tertiary/aromatic N) is 2. The Labute approximate surface area is 161 Å². The third kappa shape index (κ3) is 3.81. The number of fused-ring (bicyclic) bond motifs is 1. The predicted octanol–water partition coefficient (Wildman–Crippen LogP) is 3.65. The summed E-state index contributed by atoms with van der Waals surface area (Å²) in [4.78, 5) is 0. The zero-order valence-corrected chi connectivity index (χ0v) is 16.2. The second-order valence-electron chi connectivity index (χ2n) is 5.85. The average molecular weight is 377 g/mol. The van der Waals surface area contributed by atoms with Gasteiger partial charge in [-0.3, -0.25) is 0 Å². The minimum absolute atomic E-state index is 0.571. The van der Waals surface area contributed by atoms with Crippen molar-refractivity contribution in [2.24, 2.45) is 0 Å². The van der Waals surface area contributed by atoms with Crippen molar-refractivity contribution in [3.8, 4) is 23.7 Å². The molecule has 0 bridgehead atoms. The molecule has 27 heavy (non-hydrogen) atoms. The maximum atomic E-state index is 11.2. The first kappa shape index (κ1) is 18.6. The first-order chi connectivity index (χ1) is 13.1. The molecule has 0 aliphatic heterocycles. The average Bonchev–Trinajstić information content (AvgIpc) is 2.98. The second kappa shape index (κ2) is 7.99. The lowest BCUT2D eigenvalue weighted by molar-refractivity contribution is 0.415. The van der Waals surface area contributed by atoms with E-state index in [4.69, 9.17) is 4.74 Å². The van der Waals surface area contributed by atoms with Crippen LogP contribution in [0.4, 0.5) is 5.69 Å². The van der Waals surface area contributed by atoms with Gasteiger partial charge in [-0.15, -0.1) is 0 Å². The van der Waals surface area contributed by atoms with Crippen LogP contribution in [0.2, 0.25) is 0 Å². The smallest absolute Gasteiger partial charge is 0.120 e. The van der Waals surface area contributed by atoms with Crippen molar-refractivity contribution in [1.82, 2.24) is 4.57 Å². The SMILES string of the molecule is CCn1c(C#Cc2ccc(NS(C)=O)cc2)c(C#N)c2ccc(OC)cc21. The normalized spacial score (nSPS) is 11.3. The second-order valence-corrected chi connectivity index (χ2v) is 6.96. The highest BCUT2D eigenvalue weighted by atomic mass is 32.2. The number of benzene rings is 2. The molecule has 0 aliphatic rings. The summed E-state index contributed by atoms with van der Waals surface area (Å²) < 4.78 is 21.4. The lowest BCUT2D eigenvalue weighted by Crippen LogP contribution is -2.00. The van der Waals surface area contributed by atoms with E-state index in [1.165, 1.54) is 0 Å². The number of nitrogens with one attached hydrogen (secondary N) is 1. The van der Waals surface area contributed by atoms with E-state index < -0.39 is 11.0 Å². The molecule has 0 radical (unpaired) electrons. The molecule has 0 aliphatic carbocycles. The van der Waals surface area contributed by atoms with Crippen molar-refractivity contribution in [2.45, 2.75) is 13.5 Å². The van der Waals surface area contributed by atoms with Crippen LogP contribution in [0.3, 0.4) is 0 Å². The van der Waals surface area contributed by atoms with Gasteiger partial charge in [-0.25, -0.2) is 4.21 Å². The molecule has 0 saturated carbocycles. The van der Waals surface area contributed by atoms with Crippen LogP contribution in [0.1, 0.15) is 23.7 Å². The summed E-state index contributed by atoms with van der Waals surface area (Å²) in [5.41, 5.74) is 3.79. The topological polar surface area (TPSA) is 67.0 Å². The van der Waals surface area contributed by atoms with Crippen LogP contribution in [0.5, 0.6) is 5.75 Å². The number of aromatic nitrogens is 1. The van der Waals surface area contributed by atoms with Crippen LogP contribution < -0.4 is 9.46 Å². The first-order valence-corrected chi connectivity index (χ1v) is 9.95. The third-order valence-corrected chi connectivity index (χ3v) is 4.69. The molecule has 0 fully saturated rings. The molecule has 0 amide bonds. The zero-order chi connectivity index (χ0) is 19.4. The van der Waals surface area contributed by atoms with Gasteiger partial charge in [-0.05, 0) is 49.2 Å². The third-order valence-electron chi connectivity index (χ3n) is 4.17. The summed E-state index contributed by atoms with van der Waals surface area (Å²) in [6, 6.07) is 15.3. The van der Waals surface area contributed by atoms with Gasteiger partial charge >= 0.3 is 0 Å². The van der Waals surface area contributed by atoms with Gasteiger partial charge in [0.2, 0.25) is 0 Å². The summed E-state index contributed by atoms with van der Waals surface area (Å²) in [6.07, 6.45) is 1.58.